The smallest absolute Gasteiger partial charge is 0.225 e. The maximum Gasteiger partial charge on any atom is 0.225 e. The summed E-state index contributed by atoms with van der Waals surface area (Å²) in [7, 11) is 0. The molecule has 5 nitrogen and oxygen atoms in total. The van der Waals surface area contributed by atoms with Crippen LogP contribution < -0.4 is 10.6 Å². The first-order valence-corrected chi connectivity index (χ1v) is 5.14. The number of aromatic nitrogens is 2. The average Bonchev–Trinajstić information content (AvgIpc) is 3.03. The topological polar surface area (TPSA) is 78.9 Å². The van der Waals surface area contributed by atoms with Crippen molar-refractivity contribution < 1.29 is 0 Å². The third-order valence-electron chi connectivity index (χ3n) is 2.42. The number of hydrogen-bond donors (Lipinski definition) is 2. The zero-order valence-electron chi connectivity index (χ0n) is 8.56. The summed E-state index contributed by atoms with van der Waals surface area (Å²) in [5.74, 6) is 0.970. The molecule has 1 aromatic heterocycles. The second kappa shape index (κ2) is 4.25. The molecule has 1 aliphatic rings. The van der Waals surface area contributed by atoms with Crippen molar-refractivity contribution in [2.75, 3.05) is 11.4 Å². The molecule has 1 heterocycles. The fraction of sp³-hybridized carbons (Fsp3) is 0.500. The Hall–Kier alpha value is -1.65. The Morgan fingerprint density at radius 1 is 1.47 bits per heavy atom. The minimum absolute atomic E-state index is 0.219. The highest BCUT2D eigenvalue weighted by Gasteiger charge is 2.30. The molecule has 1 aliphatic carbocycles. The van der Waals surface area contributed by atoms with Gasteiger partial charge in [0, 0.05) is 31.4 Å². The van der Waals surface area contributed by atoms with Gasteiger partial charge in [0.2, 0.25) is 5.95 Å². The van der Waals surface area contributed by atoms with Crippen LogP contribution in [0, 0.1) is 5.41 Å². The summed E-state index contributed by atoms with van der Waals surface area (Å²) in [6.07, 6.45) is 6.44. The van der Waals surface area contributed by atoms with Crippen LogP contribution in [0.5, 0.6) is 0 Å². The van der Waals surface area contributed by atoms with E-state index in [4.69, 9.17) is 11.1 Å². The van der Waals surface area contributed by atoms with Gasteiger partial charge < -0.3 is 10.6 Å². The molecule has 0 aliphatic heterocycles. The molecular formula is C10H15N5. The van der Waals surface area contributed by atoms with Gasteiger partial charge in [-0.25, -0.2) is 9.97 Å². The third kappa shape index (κ3) is 2.65. The summed E-state index contributed by atoms with van der Waals surface area (Å²) in [5, 5.41) is 7.22. The quantitative estimate of drug-likeness (QED) is 0.549. The lowest BCUT2D eigenvalue weighted by Gasteiger charge is -2.21. The van der Waals surface area contributed by atoms with Crippen LogP contribution in [-0.4, -0.2) is 28.4 Å². The number of amidine groups is 1. The molecule has 0 unspecified atom stereocenters. The molecule has 2 rings (SSSR count). The van der Waals surface area contributed by atoms with E-state index < -0.39 is 0 Å². The number of nitrogens with zero attached hydrogens (tertiary/aromatic N) is 3. The van der Waals surface area contributed by atoms with Crippen molar-refractivity contribution in [1.82, 2.24) is 9.97 Å². The van der Waals surface area contributed by atoms with Crippen molar-refractivity contribution in [3.63, 3.8) is 0 Å². The van der Waals surface area contributed by atoms with Crippen LogP contribution in [0.3, 0.4) is 0 Å². The van der Waals surface area contributed by atoms with E-state index >= 15 is 0 Å². The van der Waals surface area contributed by atoms with Gasteiger partial charge in [0.15, 0.2) is 0 Å². The van der Waals surface area contributed by atoms with Crippen LogP contribution in [-0.2, 0) is 0 Å². The van der Waals surface area contributed by atoms with Crippen LogP contribution in [0.1, 0.15) is 19.3 Å². The van der Waals surface area contributed by atoms with E-state index in [9.17, 15) is 0 Å². The maximum atomic E-state index is 7.22. The Morgan fingerprint density at radius 3 is 2.67 bits per heavy atom. The molecule has 5 heteroatoms. The standard InChI is InChI=1S/C10H15N5/c11-9(12)4-7-15(8-2-3-8)10-13-5-1-6-14-10/h1,5-6,8H,2-4,7H2,(H3,11,12). The van der Waals surface area contributed by atoms with Gasteiger partial charge >= 0.3 is 0 Å². The van der Waals surface area contributed by atoms with Gasteiger partial charge in [-0.1, -0.05) is 0 Å². The fourth-order valence-electron chi connectivity index (χ4n) is 1.51. The molecular weight excluding hydrogens is 190 g/mol. The number of anilines is 1. The lowest BCUT2D eigenvalue weighted by Crippen LogP contribution is -2.31. The average molecular weight is 205 g/mol. The highest BCUT2D eigenvalue weighted by molar-refractivity contribution is 5.77. The normalized spacial score (nSPS) is 14.9. The number of nitrogens with two attached hydrogens (primary N) is 1. The minimum Gasteiger partial charge on any atom is -0.388 e. The summed E-state index contributed by atoms with van der Waals surface area (Å²) in [4.78, 5) is 10.6. The maximum absolute atomic E-state index is 7.22. The fourth-order valence-corrected chi connectivity index (χ4v) is 1.51. The Labute approximate surface area is 88.8 Å². The zero-order valence-corrected chi connectivity index (χ0v) is 8.56. The highest BCUT2D eigenvalue weighted by atomic mass is 15.3. The van der Waals surface area contributed by atoms with Crippen molar-refractivity contribution in [1.29, 1.82) is 5.41 Å². The first-order valence-electron chi connectivity index (χ1n) is 5.14. The monoisotopic (exact) mass is 205 g/mol. The Morgan fingerprint density at radius 2 is 2.13 bits per heavy atom. The third-order valence-corrected chi connectivity index (χ3v) is 2.42. The van der Waals surface area contributed by atoms with Gasteiger partial charge in [-0.3, -0.25) is 5.41 Å². The molecule has 1 aromatic rings. The SMILES string of the molecule is N=C(N)CCN(c1ncccn1)C1CC1. The van der Waals surface area contributed by atoms with E-state index in [-0.39, 0.29) is 5.84 Å². The molecule has 15 heavy (non-hydrogen) atoms. The summed E-state index contributed by atoms with van der Waals surface area (Å²) in [5.41, 5.74) is 5.36. The van der Waals surface area contributed by atoms with E-state index in [1.165, 1.54) is 12.8 Å². The molecule has 80 valence electrons. The van der Waals surface area contributed by atoms with Gasteiger partial charge in [0.25, 0.3) is 0 Å². The summed E-state index contributed by atoms with van der Waals surface area (Å²) in [6.45, 7) is 0.740. The second-order valence-corrected chi connectivity index (χ2v) is 3.75. The van der Waals surface area contributed by atoms with E-state index in [0.29, 0.717) is 12.5 Å². The molecule has 0 bridgehead atoms. The van der Waals surface area contributed by atoms with Crippen molar-refractivity contribution in [3.8, 4) is 0 Å². The lowest BCUT2D eigenvalue weighted by molar-refractivity contribution is 0.763. The molecule has 0 aromatic carbocycles. The van der Waals surface area contributed by atoms with Crippen LogP contribution in [0.2, 0.25) is 0 Å². The minimum atomic E-state index is 0.219. The number of nitrogens with one attached hydrogen (secondary N) is 1. The molecule has 0 spiro atoms. The van der Waals surface area contributed by atoms with Gasteiger partial charge in [0.05, 0.1) is 5.84 Å². The molecule has 0 atom stereocenters. The largest absolute Gasteiger partial charge is 0.388 e. The predicted molar refractivity (Wildman–Crippen MR) is 58.9 cm³/mol. The van der Waals surface area contributed by atoms with Gasteiger partial charge in [-0.15, -0.1) is 0 Å². The molecule has 3 N–H and O–H groups in total. The Balaban J connectivity index is 2.03. The van der Waals surface area contributed by atoms with Crippen molar-refractivity contribution in [2.24, 2.45) is 5.73 Å². The zero-order chi connectivity index (χ0) is 10.7. The van der Waals surface area contributed by atoms with Crippen LogP contribution in [0.15, 0.2) is 18.5 Å². The van der Waals surface area contributed by atoms with E-state index in [1.54, 1.807) is 18.5 Å². The van der Waals surface area contributed by atoms with E-state index in [1.807, 2.05) is 0 Å². The number of hydrogen-bond acceptors (Lipinski definition) is 4. The molecule has 1 fully saturated rings. The van der Waals surface area contributed by atoms with Crippen LogP contribution in [0.25, 0.3) is 0 Å². The van der Waals surface area contributed by atoms with E-state index in [2.05, 4.69) is 14.9 Å². The van der Waals surface area contributed by atoms with Gasteiger partial charge in [-0.05, 0) is 18.9 Å². The second-order valence-electron chi connectivity index (χ2n) is 3.75. The lowest BCUT2D eigenvalue weighted by atomic mass is 10.3. The van der Waals surface area contributed by atoms with E-state index in [0.717, 1.165) is 12.5 Å². The first kappa shape index (κ1) is 9.89. The molecule has 0 saturated heterocycles. The molecule has 1 saturated carbocycles. The van der Waals surface area contributed by atoms with Gasteiger partial charge in [0.1, 0.15) is 0 Å². The summed E-state index contributed by atoms with van der Waals surface area (Å²) >= 11 is 0. The molecule has 0 amide bonds. The van der Waals surface area contributed by atoms with Crippen molar-refractivity contribution in [2.45, 2.75) is 25.3 Å². The molecule has 0 radical (unpaired) electrons. The highest BCUT2D eigenvalue weighted by Crippen LogP contribution is 2.29. The van der Waals surface area contributed by atoms with Crippen molar-refractivity contribution >= 4 is 11.8 Å². The predicted octanol–water partition coefficient (Wildman–Crippen LogP) is 0.771. The van der Waals surface area contributed by atoms with Crippen LogP contribution >= 0.6 is 0 Å². The van der Waals surface area contributed by atoms with Crippen LogP contribution in [0.4, 0.5) is 5.95 Å². The van der Waals surface area contributed by atoms with Crippen molar-refractivity contribution in [3.05, 3.63) is 18.5 Å². The van der Waals surface area contributed by atoms with Gasteiger partial charge in [-0.2, -0.15) is 0 Å². The Kier molecular flexibility index (Phi) is 2.80. The number of rotatable bonds is 5. The Bertz CT molecular complexity index is 333. The first-order chi connectivity index (χ1) is 7.27. The summed E-state index contributed by atoms with van der Waals surface area (Å²) < 4.78 is 0. The summed E-state index contributed by atoms with van der Waals surface area (Å²) in [6, 6.07) is 2.35.